The number of carbonyl (C=O) groups is 2. The number of carboxylic acids is 1. The molecule has 1 amide bonds. The molecule has 0 saturated carbocycles. The summed E-state index contributed by atoms with van der Waals surface area (Å²) in [6, 6.07) is 1.29. The summed E-state index contributed by atoms with van der Waals surface area (Å²) in [6.07, 6.45) is 1.34. The highest BCUT2D eigenvalue weighted by Gasteiger charge is 2.27. The Kier molecular flexibility index (Phi) is 5.36. The van der Waals surface area contributed by atoms with Crippen molar-refractivity contribution in [1.82, 2.24) is 13.8 Å². The number of aromatic nitrogens is 1. The summed E-state index contributed by atoms with van der Waals surface area (Å²) in [4.78, 5) is 24.1. The minimum absolute atomic E-state index is 0.0414. The molecule has 124 valence electrons. The van der Waals surface area contributed by atoms with E-state index in [1.165, 1.54) is 35.7 Å². The zero-order valence-corrected chi connectivity index (χ0v) is 14.1. The van der Waals surface area contributed by atoms with Crippen LogP contribution in [-0.4, -0.2) is 66.9 Å². The molecule has 0 spiro atoms. The van der Waals surface area contributed by atoms with Gasteiger partial charge in [-0.25, -0.2) is 12.7 Å². The maximum Gasteiger partial charge on any atom is 0.307 e. The monoisotopic (exact) mass is 331 g/mol. The molecule has 0 saturated heterocycles. The number of carbonyl (C=O) groups excluding carboxylic acids is 1. The van der Waals surface area contributed by atoms with Crippen LogP contribution in [-0.2, 0) is 21.9 Å². The number of aryl methyl sites for hydroxylation is 1. The summed E-state index contributed by atoms with van der Waals surface area (Å²) in [5, 5.41) is 8.87. The Balaban J connectivity index is 3.11. The third-order valence-corrected chi connectivity index (χ3v) is 5.05. The molecule has 0 aliphatic carbocycles. The number of aliphatic carboxylic acids is 1. The lowest BCUT2D eigenvalue weighted by atomic mass is 10.2. The molecule has 1 aromatic rings. The van der Waals surface area contributed by atoms with Crippen molar-refractivity contribution in [3.8, 4) is 0 Å². The molecule has 1 N–H and O–H groups in total. The largest absolute Gasteiger partial charge is 0.481 e. The first-order valence-corrected chi connectivity index (χ1v) is 7.99. The standard InChI is InChI=1S/C13H21N3O5S/c1-9(13(18)19)7-16(5)22(20,21)10-6-11(15(4)8-10)12(17)14(2)3/h6,8-9H,7H2,1-5H3,(H,18,19). The first kappa shape index (κ1) is 18.2. The quantitative estimate of drug-likeness (QED) is 0.795. The molecular weight excluding hydrogens is 310 g/mol. The maximum absolute atomic E-state index is 12.4. The Bertz CT molecular complexity index is 678. The van der Waals surface area contributed by atoms with E-state index >= 15 is 0 Å². The van der Waals surface area contributed by atoms with Crippen molar-refractivity contribution < 1.29 is 23.1 Å². The molecule has 1 atom stereocenters. The summed E-state index contributed by atoms with van der Waals surface area (Å²) >= 11 is 0. The second-order valence-corrected chi connectivity index (χ2v) is 7.44. The highest BCUT2D eigenvalue weighted by molar-refractivity contribution is 7.89. The Hall–Kier alpha value is -1.87. The predicted molar refractivity (Wildman–Crippen MR) is 80.0 cm³/mol. The fourth-order valence-corrected chi connectivity index (χ4v) is 3.19. The molecule has 22 heavy (non-hydrogen) atoms. The van der Waals surface area contributed by atoms with Crippen LogP contribution < -0.4 is 0 Å². The van der Waals surface area contributed by atoms with Crippen molar-refractivity contribution in [3.05, 3.63) is 18.0 Å². The van der Waals surface area contributed by atoms with Crippen LogP contribution in [0.4, 0.5) is 0 Å². The van der Waals surface area contributed by atoms with Crippen LogP contribution in [0.25, 0.3) is 0 Å². The molecule has 0 aliphatic rings. The summed E-state index contributed by atoms with van der Waals surface area (Å²) in [5.74, 6) is -2.21. The molecule has 9 heteroatoms. The third-order valence-electron chi connectivity index (χ3n) is 3.27. The van der Waals surface area contributed by atoms with E-state index in [0.717, 1.165) is 4.31 Å². The van der Waals surface area contributed by atoms with Gasteiger partial charge in [-0.3, -0.25) is 9.59 Å². The topological polar surface area (TPSA) is 99.9 Å². The lowest BCUT2D eigenvalue weighted by Crippen LogP contribution is -2.33. The van der Waals surface area contributed by atoms with Gasteiger partial charge in [-0.15, -0.1) is 0 Å². The van der Waals surface area contributed by atoms with Gasteiger partial charge in [0.2, 0.25) is 10.0 Å². The SMILES string of the molecule is CC(CN(C)S(=O)(=O)c1cc(C(=O)N(C)C)n(C)c1)C(=O)O. The van der Waals surface area contributed by atoms with E-state index < -0.39 is 21.9 Å². The average Bonchev–Trinajstić information content (AvgIpc) is 2.79. The lowest BCUT2D eigenvalue weighted by molar-refractivity contribution is -0.141. The van der Waals surface area contributed by atoms with Crippen LogP contribution in [0.3, 0.4) is 0 Å². The van der Waals surface area contributed by atoms with Crippen LogP contribution in [0, 0.1) is 5.92 Å². The van der Waals surface area contributed by atoms with Crippen LogP contribution >= 0.6 is 0 Å². The molecule has 0 radical (unpaired) electrons. The van der Waals surface area contributed by atoms with Crippen molar-refractivity contribution >= 4 is 21.9 Å². The van der Waals surface area contributed by atoms with Gasteiger partial charge in [-0.1, -0.05) is 6.92 Å². The maximum atomic E-state index is 12.4. The van der Waals surface area contributed by atoms with Gasteiger partial charge in [-0.2, -0.15) is 0 Å². The van der Waals surface area contributed by atoms with E-state index in [0.29, 0.717) is 0 Å². The predicted octanol–water partition coefficient (Wildman–Crippen LogP) is 0.0681. The number of hydrogen-bond donors (Lipinski definition) is 1. The Morgan fingerprint density at radius 1 is 1.32 bits per heavy atom. The normalized spacial score (nSPS) is 13.2. The van der Waals surface area contributed by atoms with Crippen LogP contribution in [0.2, 0.25) is 0 Å². The second kappa shape index (κ2) is 6.49. The molecular formula is C13H21N3O5S. The van der Waals surface area contributed by atoms with E-state index in [2.05, 4.69) is 0 Å². The van der Waals surface area contributed by atoms with Gasteiger partial charge in [0.1, 0.15) is 10.6 Å². The van der Waals surface area contributed by atoms with E-state index in [1.807, 2.05) is 0 Å². The summed E-state index contributed by atoms with van der Waals surface area (Å²) < 4.78 is 27.3. The Morgan fingerprint density at radius 3 is 2.32 bits per heavy atom. The number of nitrogens with zero attached hydrogens (tertiary/aromatic N) is 3. The van der Waals surface area contributed by atoms with Crippen molar-refractivity contribution in [2.45, 2.75) is 11.8 Å². The van der Waals surface area contributed by atoms with Crippen molar-refractivity contribution in [3.63, 3.8) is 0 Å². The second-order valence-electron chi connectivity index (χ2n) is 5.40. The van der Waals surface area contributed by atoms with E-state index in [-0.39, 0.29) is 23.0 Å². The minimum atomic E-state index is -3.85. The van der Waals surface area contributed by atoms with Gasteiger partial charge >= 0.3 is 5.97 Å². The van der Waals surface area contributed by atoms with E-state index in [9.17, 15) is 18.0 Å². The smallest absolute Gasteiger partial charge is 0.307 e. The van der Waals surface area contributed by atoms with Crippen LogP contribution in [0.1, 0.15) is 17.4 Å². The third kappa shape index (κ3) is 3.66. The van der Waals surface area contributed by atoms with Gasteiger partial charge in [0.25, 0.3) is 5.91 Å². The van der Waals surface area contributed by atoms with Gasteiger partial charge in [-0.05, 0) is 6.07 Å². The van der Waals surface area contributed by atoms with E-state index in [4.69, 9.17) is 5.11 Å². The number of amides is 1. The minimum Gasteiger partial charge on any atom is -0.481 e. The number of hydrogen-bond acceptors (Lipinski definition) is 4. The Labute approximate surface area is 130 Å². The fraction of sp³-hybridized carbons (Fsp3) is 0.538. The van der Waals surface area contributed by atoms with E-state index in [1.54, 1.807) is 21.1 Å². The summed E-state index contributed by atoms with van der Waals surface area (Å²) in [5.41, 5.74) is 0.239. The van der Waals surface area contributed by atoms with Crippen molar-refractivity contribution in [2.75, 3.05) is 27.7 Å². The van der Waals surface area contributed by atoms with Gasteiger partial charge in [0, 0.05) is 40.9 Å². The van der Waals surface area contributed by atoms with Gasteiger partial charge in [0.05, 0.1) is 5.92 Å². The van der Waals surface area contributed by atoms with Crippen molar-refractivity contribution in [1.29, 1.82) is 0 Å². The molecule has 0 bridgehead atoms. The number of rotatable bonds is 6. The number of sulfonamides is 1. The highest BCUT2D eigenvalue weighted by atomic mass is 32.2. The molecule has 1 aromatic heterocycles. The van der Waals surface area contributed by atoms with Gasteiger partial charge < -0.3 is 14.6 Å². The average molecular weight is 331 g/mol. The molecule has 1 rings (SSSR count). The molecule has 0 fully saturated rings. The van der Waals surface area contributed by atoms with Crippen molar-refractivity contribution in [2.24, 2.45) is 13.0 Å². The molecule has 0 aromatic carbocycles. The summed E-state index contributed by atoms with van der Waals surface area (Å²) in [6.45, 7) is 1.28. The molecule has 8 nitrogen and oxygen atoms in total. The van der Waals surface area contributed by atoms with Crippen LogP contribution in [0.15, 0.2) is 17.2 Å². The summed E-state index contributed by atoms with van der Waals surface area (Å²) in [7, 11) is 2.19. The zero-order chi connectivity index (χ0) is 17.2. The molecule has 0 aliphatic heterocycles. The first-order valence-electron chi connectivity index (χ1n) is 6.55. The highest BCUT2D eigenvalue weighted by Crippen LogP contribution is 2.19. The zero-order valence-electron chi connectivity index (χ0n) is 13.3. The molecule has 1 heterocycles. The number of carboxylic acid groups (broad SMARTS) is 1. The first-order chi connectivity index (χ1) is 9.98. The fourth-order valence-electron chi connectivity index (χ4n) is 1.86. The lowest BCUT2D eigenvalue weighted by Gasteiger charge is -2.18. The van der Waals surface area contributed by atoms with Gasteiger partial charge in [0.15, 0.2) is 0 Å². The molecule has 1 unspecified atom stereocenters. The van der Waals surface area contributed by atoms with Crippen LogP contribution in [0.5, 0.6) is 0 Å². The Morgan fingerprint density at radius 2 is 1.86 bits per heavy atom.